The lowest BCUT2D eigenvalue weighted by atomic mass is 10.3. The van der Waals surface area contributed by atoms with E-state index in [0.717, 1.165) is 0 Å². The summed E-state index contributed by atoms with van der Waals surface area (Å²) >= 11 is 0. The van der Waals surface area contributed by atoms with Crippen LogP contribution in [0.15, 0.2) is 6.20 Å². The van der Waals surface area contributed by atoms with E-state index in [1.807, 2.05) is 4.90 Å². The normalized spacial score (nSPS) is 16.0. The fraction of sp³-hybridized carbons (Fsp3) is 0.667. The summed E-state index contributed by atoms with van der Waals surface area (Å²) in [4.78, 5) is 27.3. The van der Waals surface area contributed by atoms with Crippen molar-refractivity contribution < 1.29 is 9.59 Å². The predicted octanol–water partition coefficient (Wildman–Crippen LogP) is -2.37. The molecule has 0 radical (unpaired) electrons. The average Bonchev–Trinajstić information content (AvgIpc) is 2.95. The van der Waals surface area contributed by atoms with E-state index >= 15 is 0 Å². The standard InChI is InChI=1S/C12H21N7O2/c1-14-11(20)8-17-2-4-18(5-3-17)12(21)9-19-7-10(6-13)15-16-19/h7H,2-6,8-9,13H2,1H3,(H,14,20). The van der Waals surface area contributed by atoms with Gasteiger partial charge in [-0.1, -0.05) is 5.21 Å². The highest BCUT2D eigenvalue weighted by atomic mass is 16.2. The third-order valence-corrected chi connectivity index (χ3v) is 3.46. The lowest BCUT2D eigenvalue weighted by Crippen LogP contribution is -2.51. The summed E-state index contributed by atoms with van der Waals surface area (Å²) in [5, 5.41) is 10.3. The summed E-state index contributed by atoms with van der Waals surface area (Å²) < 4.78 is 1.50. The minimum atomic E-state index is -0.00768. The van der Waals surface area contributed by atoms with Crippen LogP contribution >= 0.6 is 0 Å². The first-order valence-corrected chi connectivity index (χ1v) is 6.92. The van der Waals surface area contributed by atoms with Crippen LogP contribution in [0.25, 0.3) is 0 Å². The Bertz CT molecular complexity index is 494. The first-order chi connectivity index (χ1) is 10.1. The molecule has 0 unspecified atom stereocenters. The molecular weight excluding hydrogens is 274 g/mol. The molecule has 9 nitrogen and oxygen atoms in total. The molecule has 0 spiro atoms. The maximum absolute atomic E-state index is 12.2. The van der Waals surface area contributed by atoms with Gasteiger partial charge in [-0.3, -0.25) is 14.5 Å². The zero-order valence-corrected chi connectivity index (χ0v) is 12.2. The number of aromatic nitrogens is 3. The second kappa shape index (κ2) is 7.14. The lowest BCUT2D eigenvalue weighted by Gasteiger charge is -2.34. The van der Waals surface area contributed by atoms with Gasteiger partial charge in [-0.2, -0.15) is 0 Å². The number of carbonyl (C=O) groups is 2. The molecule has 0 atom stereocenters. The summed E-state index contributed by atoms with van der Waals surface area (Å²) in [5.74, 6) is -0.00484. The number of rotatable bonds is 5. The third kappa shape index (κ3) is 4.23. The number of nitrogens with one attached hydrogen (secondary N) is 1. The van der Waals surface area contributed by atoms with Gasteiger partial charge in [0.1, 0.15) is 6.54 Å². The lowest BCUT2D eigenvalue weighted by molar-refractivity contribution is -0.134. The highest BCUT2D eigenvalue weighted by molar-refractivity contribution is 5.78. The summed E-state index contributed by atoms with van der Waals surface area (Å²) in [6.45, 7) is 3.49. The van der Waals surface area contributed by atoms with Gasteiger partial charge in [0.25, 0.3) is 0 Å². The van der Waals surface area contributed by atoms with E-state index in [0.29, 0.717) is 45.0 Å². The number of hydrogen-bond acceptors (Lipinski definition) is 6. The van der Waals surface area contributed by atoms with Crippen molar-refractivity contribution in [3.05, 3.63) is 11.9 Å². The Morgan fingerprint density at radius 1 is 1.29 bits per heavy atom. The van der Waals surface area contributed by atoms with Crippen molar-refractivity contribution >= 4 is 11.8 Å². The molecule has 2 heterocycles. The summed E-state index contributed by atoms with van der Waals surface area (Å²) in [5.41, 5.74) is 6.12. The summed E-state index contributed by atoms with van der Waals surface area (Å²) in [6, 6.07) is 0. The van der Waals surface area contributed by atoms with Gasteiger partial charge in [0.05, 0.1) is 18.4 Å². The molecule has 0 aromatic carbocycles. The van der Waals surface area contributed by atoms with Crippen LogP contribution in [0.5, 0.6) is 0 Å². The predicted molar refractivity (Wildman–Crippen MR) is 75.0 cm³/mol. The molecule has 3 N–H and O–H groups in total. The van der Waals surface area contributed by atoms with Crippen LogP contribution < -0.4 is 11.1 Å². The van der Waals surface area contributed by atoms with Crippen LogP contribution in [-0.2, 0) is 22.7 Å². The molecule has 1 aromatic rings. The van der Waals surface area contributed by atoms with Gasteiger partial charge >= 0.3 is 0 Å². The van der Waals surface area contributed by atoms with Gasteiger partial charge in [-0.15, -0.1) is 5.10 Å². The minimum absolute atomic E-state index is 0.00284. The smallest absolute Gasteiger partial charge is 0.244 e. The number of piperazine rings is 1. The molecule has 2 rings (SSSR count). The van der Waals surface area contributed by atoms with Gasteiger partial charge in [0.15, 0.2) is 0 Å². The second-order valence-corrected chi connectivity index (χ2v) is 4.94. The molecule has 1 aliphatic rings. The van der Waals surface area contributed by atoms with Crippen molar-refractivity contribution in [1.82, 2.24) is 30.1 Å². The molecule has 2 amide bonds. The Hall–Kier alpha value is -2.00. The van der Waals surface area contributed by atoms with Crippen molar-refractivity contribution in [1.29, 1.82) is 0 Å². The van der Waals surface area contributed by atoms with Crippen LogP contribution in [0.2, 0.25) is 0 Å². The quantitative estimate of drug-likeness (QED) is 0.628. The summed E-state index contributed by atoms with van der Waals surface area (Å²) in [7, 11) is 1.62. The molecule has 0 saturated carbocycles. The highest BCUT2D eigenvalue weighted by Crippen LogP contribution is 2.03. The molecule has 9 heteroatoms. The van der Waals surface area contributed by atoms with E-state index in [2.05, 4.69) is 15.6 Å². The molecule has 1 fully saturated rings. The van der Waals surface area contributed by atoms with E-state index in [4.69, 9.17) is 5.73 Å². The Labute approximate surface area is 123 Å². The van der Waals surface area contributed by atoms with Crippen LogP contribution in [0.1, 0.15) is 5.69 Å². The molecule has 1 aromatic heterocycles. The summed E-state index contributed by atoms with van der Waals surface area (Å²) in [6.07, 6.45) is 1.68. The molecule has 0 bridgehead atoms. The van der Waals surface area contributed by atoms with Crippen molar-refractivity contribution in [3.63, 3.8) is 0 Å². The maximum Gasteiger partial charge on any atom is 0.244 e. The van der Waals surface area contributed by atoms with E-state index < -0.39 is 0 Å². The fourth-order valence-electron chi connectivity index (χ4n) is 2.19. The third-order valence-electron chi connectivity index (χ3n) is 3.46. The first kappa shape index (κ1) is 15.4. The number of likely N-dealkylation sites (N-methyl/N-ethyl adjacent to an activating group) is 1. The number of nitrogens with two attached hydrogens (primary N) is 1. The van der Waals surface area contributed by atoms with E-state index in [9.17, 15) is 9.59 Å². The number of hydrogen-bond donors (Lipinski definition) is 2. The zero-order chi connectivity index (χ0) is 15.2. The van der Waals surface area contributed by atoms with Crippen LogP contribution in [0.3, 0.4) is 0 Å². The first-order valence-electron chi connectivity index (χ1n) is 6.92. The van der Waals surface area contributed by atoms with Gasteiger partial charge < -0.3 is 16.0 Å². The van der Waals surface area contributed by atoms with E-state index in [1.54, 1.807) is 18.1 Å². The molecule has 21 heavy (non-hydrogen) atoms. The Morgan fingerprint density at radius 2 is 2.00 bits per heavy atom. The van der Waals surface area contributed by atoms with Gasteiger partial charge in [0.2, 0.25) is 11.8 Å². The topological polar surface area (TPSA) is 109 Å². The highest BCUT2D eigenvalue weighted by Gasteiger charge is 2.22. The van der Waals surface area contributed by atoms with Crippen molar-refractivity contribution in [2.45, 2.75) is 13.1 Å². The molecule has 0 aliphatic carbocycles. The van der Waals surface area contributed by atoms with Crippen molar-refractivity contribution in [2.24, 2.45) is 5.73 Å². The van der Waals surface area contributed by atoms with Gasteiger partial charge in [0, 0.05) is 39.8 Å². The minimum Gasteiger partial charge on any atom is -0.358 e. The van der Waals surface area contributed by atoms with Crippen molar-refractivity contribution in [2.75, 3.05) is 39.8 Å². The fourth-order valence-corrected chi connectivity index (χ4v) is 2.19. The van der Waals surface area contributed by atoms with Gasteiger partial charge in [-0.25, -0.2) is 4.68 Å². The number of amides is 2. The average molecular weight is 295 g/mol. The zero-order valence-electron chi connectivity index (χ0n) is 12.2. The van der Waals surface area contributed by atoms with Crippen LogP contribution in [0.4, 0.5) is 0 Å². The Kier molecular flexibility index (Phi) is 5.23. The Morgan fingerprint density at radius 3 is 2.57 bits per heavy atom. The van der Waals surface area contributed by atoms with Crippen molar-refractivity contribution in [3.8, 4) is 0 Å². The molecule has 1 aliphatic heterocycles. The Balaban J connectivity index is 1.78. The second-order valence-electron chi connectivity index (χ2n) is 4.94. The van der Waals surface area contributed by atoms with Crippen LogP contribution in [0, 0.1) is 0 Å². The molecule has 116 valence electrons. The van der Waals surface area contributed by atoms with E-state index in [-0.39, 0.29) is 18.4 Å². The number of carbonyl (C=O) groups excluding carboxylic acids is 2. The molecular formula is C12H21N7O2. The monoisotopic (exact) mass is 295 g/mol. The van der Waals surface area contributed by atoms with E-state index in [1.165, 1.54) is 4.68 Å². The maximum atomic E-state index is 12.2. The van der Waals surface area contributed by atoms with Gasteiger partial charge in [-0.05, 0) is 0 Å². The van der Waals surface area contributed by atoms with Crippen LogP contribution in [-0.4, -0.2) is 76.4 Å². The molecule has 1 saturated heterocycles. The largest absolute Gasteiger partial charge is 0.358 e. The number of nitrogens with zero attached hydrogens (tertiary/aromatic N) is 5. The SMILES string of the molecule is CNC(=O)CN1CCN(C(=O)Cn2cc(CN)nn2)CC1.